The van der Waals surface area contributed by atoms with Crippen molar-refractivity contribution in [1.82, 2.24) is 34.1 Å². The molecule has 132 valence electrons. The van der Waals surface area contributed by atoms with E-state index in [2.05, 4.69) is 24.9 Å². The minimum Gasteiger partial charge on any atom is -0.303 e. The van der Waals surface area contributed by atoms with Gasteiger partial charge in [0.2, 0.25) is 5.95 Å². The number of fused-ring (bicyclic) bond motifs is 2. The van der Waals surface area contributed by atoms with Crippen molar-refractivity contribution in [1.29, 1.82) is 0 Å². The second kappa shape index (κ2) is 5.87. The molecule has 8 nitrogen and oxygen atoms in total. The van der Waals surface area contributed by atoms with Gasteiger partial charge in [-0.1, -0.05) is 18.2 Å². The lowest BCUT2D eigenvalue weighted by atomic mass is 10.3. The molecule has 0 fully saturated rings. The molecule has 5 aromatic rings. The van der Waals surface area contributed by atoms with Crippen molar-refractivity contribution in [3.05, 3.63) is 76.9 Å². The number of hydrogen-bond donors (Lipinski definition) is 1. The lowest BCUT2D eigenvalue weighted by Gasteiger charge is -2.06. The number of hydrogen-bond acceptors (Lipinski definition) is 5. The van der Waals surface area contributed by atoms with Gasteiger partial charge in [-0.15, -0.1) is 0 Å². The molecular weight excluding hydrogens is 342 g/mol. The highest BCUT2D eigenvalue weighted by Gasteiger charge is 2.15. The van der Waals surface area contributed by atoms with E-state index in [9.17, 15) is 4.79 Å². The van der Waals surface area contributed by atoms with E-state index in [0.717, 1.165) is 22.4 Å². The summed E-state index contributed by atoms with van der Waals surface area (Å²) < 4.78 is 3.48. The molecule has 4 aromatic heterocycles. The van der Waals surface area contributed by atoms with Crippen LogP contribution < -0.4 is 5.69 Å². The SMILES string of the molecule is Cc1nc2ccccc2n1-c1ncc2[nH]c(=O)n(Cc3cccnc3)c2n1. The molecule has 0 aliphatic heterocycles. The Bertz CT molecular complexity index is 1330. The summed E-state index contributed by atoms with van der Waals surface area (Å²) in [4.78, 5) is 33.0. The van der Waals surface area contributed by atoms with Crippen molar-refractivity contribution >= 4 is 22.2 Å². The van der Waals surface area contributed by atoms with Crippen LogP contribution in [0.4, 0.5) is 0 Å². The lowest BCUT2D eigenvalue weighted by molar-refractivity contribution is 0.770. The van der Waals surface area contributed by atoms with Gasteiger partial charge in [-0.25, -0.2) is 14.8 Å². The second-order valence-electron chi connectivity index (χ2n) is 6.27. The van der Waals surface area contributed by atoms with E-state index in [1.165, 1.54) is 0 Å². The number of imidazole rings is 2. The summed E-state index contributed by atoms with van der Waals surface area (Å²) in [7, 11) is 0. The Labute approximate surface area is 153 Å². The summed E-state index contributed by atoms with van der Waals surface area (Å²) in [6.45, 7) is 2.29. The minimum absolute atomic E-state index is 0.229. The molecule has 4 heterocycles. The van der Waals surface area contributed by atoms with Gasteiger partial charge >= 0.3 is 5.69 Å². The number of benzene rings is 1. The first-order valence-electron chi connectivity index (χ1n) is 8.49. The van der Waals surface area contributed by atoms with Gasteiger partial charge in [0.25, 0.3) is 0 Å². The third-order valence-electron chi connectivity index (χ3n) is 4.49. The van der Waals surface area contributed by atoms with E-state index < -0.39 is 0 Å². The van der Waals surface area contributed by atoms with Crippen molar-refractivity contribution in [2.24, 2.45) is 0 Å². The predicted molar refractivity (Wildman–Crippen MR) is 101 cm³/mol. The third-order valence-corrected chi connectivity index (χ3v) is 4.49. The van der Waals surface area contributed by atoms with Gasteiger partial charge in [-0.2, -0.15) is 4.98 Å². The van der Waals surface area contributed by atoms with E-state index >= 15 is 0 Å². The molecule has 0 aliphatic rings. The number of nitrogens with zero attached hydrogens (tertiary/aromatic N) is 6. The highest BCUT2D eigenvalue weighted by atomic mass is 16.1. The number of pyridine rings is 1. The van der Waals surface area contributed by atoms with Gasteiger partial charge in [0, 0.05) is 12.4 Å². The van der Waals surface area contributed by atoms with E-state index in [4.69, 9.17) is 0 Å². The van der Waals surface area contributed by atoms with Crippen LogP contribution in [0.3, 0.4) is 0 Å². The molecule has 0 radical (unpaired) electrons. The van der Waals surface area contributed by atoms with Crippen LogP contribution in [0.2, 0.25) is 0 Å². The minimum atomic E-state index is -0.229. The molecule has 0 aliphatic carbocycles. The molecule has 1 aromatic carbocycles. The van der Waals surface area contributed by atoms with Crippen LogP contribution in [-0.4, -0.2) is 34.1 Å². The fraction of sp³-hybridized carbons (Fsp3) is 0.105. The smallest absolute Gasteiger partial charge is 0.303 e. The fourth-order valence-corrected chi connectivity index (χ4v) is 3.26. The quantitative estimate of drug-likeness (QED) is 0.534. The Morgan fingerprint density at radius 2 is 1.96 bits per heavy atom. The topological polar surface area (TPSA) is 94.3 Å². The summed E-state index contributed by atoms with van der Waals surface area (Å²) in [6, 6.07) is 11.6. The number of aromatic amines is 1. The second-order valence-corrected chi connectivity index (χ2v) is 6.27. The average molecular weight is 357 g/mol. The monoisotopic (exact) mass is 357 g/mol. The van der Waals surface area contributed by atoms with E-state index in [-0.39, 0.29) is 5.69 Å². The van der Waals surface area contributed by atoms with Gasteiger partial charge in [0.15, 0.2) is 5.65 Å². The number of aryl methyl sites for hydroxylation is 1. The number of para-hydroxylation sites is 2. The Kier molecular flexibility index (Phi) is 3.36. The molecule has 0 amide bonds. The van der Waals surface area contributed by atoms with Crippen molar-refractivity contribution in [2.75, 3.05) is 0 Å². The highest BCUT2D eigenvalue weighted by molar-refractivity contribution is 5.78. The molecule has 0 atom stereocenters. The maximum atomic E-state index is 12.4. The van der Waals surface area contributed by atoms with Crippen molar-refractivity contribution in [2.45, 2.75) is 13.5 Å². The summed E-state index contributed by atoms with van der Waals surface area (Å²) >= 11 is 0. The zero-order valence-electron chi connectivity index (χ0n) is 14.5. The van der Waals surface area contributed by atoms with E-state index in [1.54, 1.807) is 23.2 Å². The van der Waals surface area contributed by atoms with E-state index in [0.29, 0.717) is 23.7 Å². The molecule has 1 N–H and O–H groups in total. The Morgan fingerprint density at radius 3 is 2.81 bits per heavy atom. The van der Waals surface area contributed by atoms with Crippen LogP contribution in [0.25, 0.3) is 28.1 Å². The van der Waals surface area contributed by atoms with Gasteiger partial charge < -0.3 is 4.98 Å². The van der Waals surface area contributed by atoms with Crippen LogP contribution in [0.15, 0.2) is 59.8 Å². The van der Waals surface area contributed by atoms with E-state index in [1.807, 2.05) is 47.9 Å². The number of H-pyrrole nitrogens is 1. The maximum Gasteiger partial charge on any atom is 0.328 e. The molecule has 27 heavy (non-hydrogen) atoms. The zero-order valence-corrected chi connectivity index (χ0v) is 14.5. The highest BCUT2D eigenvalue weighted by Crippen LogP contribution is 2.20. The van der Waals surface area contributed by atoms with Gasteiger partial charge in [-0.3, -0.25) is 14.1 Å². The van der Waals surface area contributed by atoms with Crippen LogP contribution in [0.5, 0.6) is 0 Å². The summed E-state index contributed by atoms with van der Waals surface area (Å²) in [5.74, 6) is 1.26. The normalized spacial score (nSPS) is 11.4. The predicted octanol–water partition coefficient (Wildman–Crippen LogP) is 2.21. The first-order chi connectivity index (χ1) is 13.2. The lowest BCUT2D eigenvalue weighted by Crippen LogP contribution is -2.18. The van der Waals surface area contributed by atoms with Crippen molar-refractivity contribution < 1.29 is 0 Å². The van der Waals surface area contributed by atoms with Crippen LogP contribution in [-0.2, 0) is 6.54 Å². The maximum absolute atomic E-state index is 12.4. The molecule has 0 bridgehead atoms. The number of nitrogens with one attached hydrogen (secondary N) is 1. The van der Waals surface area contributed by atoms with Crippen molar-refractivity contribution in [3.8, 4) is 5.95 Å². The van der Waals surface area contributed by atoms with Crippen LogP contribution in [0.1, 0.15) is 11.4 Å². The molecule has 8 heteroatoms. The Hall–Kier alpha value is -3.81. The van der Waals surface area contributed by atoms with Crippen molar-refractivity contribution in [3.63, 3.8) is 0 Å². The molecular formula is C19H15N7O. The molecule has 0 saturated heterocycles. The third kappa shape index (κ3) is 2.50. The first kappa shape index (κ1) is 15.4. The first-order valence-corrected chi connectivity index (χ1v) is 8.49. The standard InChI is InChI=1S/C19H15N7O/c1-12-22-14-6-2-3-7-16(14)26(12)18-21-10-15-17(24-18)25(19(27)23-15)11-13-5-4-8-20-9-13/h2-10H,11H2,1H3,(H,23,27). The average Bonchev–Trinajstić information content (AvgIpc) is 3.18. The fourth-order valence-electron chi connectivity index (χ4n) is 3.26. The van der Waals surface area contributed by atoms with Gasteiger partial charge in [0.05, 0.1) is 23.8 Å². The summed E-state index contributed by atoms with van der Waals surface area (Å²) in [5, 5.41) is 0. The molecule has 5 rings (SSSR count). The Balaban J connectivity index is 1.70. The number of rotatable bonds is 3. The summed E-state index contributed by atoms with van der Waals surface area (Å²) in [5.41, 5.74) is 3.63. The molecule has 0 saturated carbocycles. The molecule has 0 unspecified atom stereocenters. The van der Waals surface area contributed by atoms with Crippen LogP contribution in [0, 0.1) is 6.92 Å². The molecule has 0 spiro atoms. The van der Waals surface area contributed by atoms with Crippen LogP contribution >= 0.6 is 0 Å². The zero-order chi connectivity index (χ0) is 18.4. The Morgan fingerprint density at radius 1 is 1.07 bits per heavy atom. The van der Waals surface area contributed by atoms with Gasteiger partial charge in [-0.05, 0) is 30.7 Å². The number of aromatic nitrogens is 7. The summed E-state index contributed by atoms with van der Waals surface area (Å²) in [6.07, 6.45) is 5.07. The largest absolute Gasteiger partial charge is 0.328 e. The van der Waals surface area contributed by atoms with Gasteiger partial charge in [0.1, 0.15) is 11.3 Å².